The number of carbonyl (C=O) groups is 1. The highest BCUT2D eigenvalue weighted by Gasteiger charge is 2.19. The molecule has 0 radical (unpaired) electrons. The molecule has 1 N–H and O–H groups in total. The quantitative estimate of drug-likeness (QED) is 0.914. The molecule has 7 nitrogen and oxygen atoms in total. The summed E-state index contributed by atoms with van der Waals surface area (Å²) in [5.41, 5.74) is 1.94. The van der Waals surface area contributed by atoms with E-state index in [1.807, 2.05) is 30.5 Å². The number of aryl methyl sites for hydroxylation is 1. The first-order valence-corrected chi connectivity index (χ1v) is 8.62. The molecule has 25 heavy (non-hydrogen) atoms. The molecule has 0 spiro atoms. The van der Waals surface area contributed by atoms with Crippen molar-refractivity contribution in [3.63, 3.8) is 0 Å². The minimum Gasteiger partial charge on any atom is -0.497 e. The predicted octanol–water partition coefficient (Wildman–Crippen LogP) is 1.57. The van der Waals surface area contributed by atoms with Crippen molar-refractivity contribution in [2.45, 2.75) is 32.4 Å². The molecule has 1 aromatic heterocycles. The van der Waals surface area contributed by atoms with E-state index in [0.717, 1.165) is 23.4 Å². The standard InChI is InChI=1S/C18H24N4O3/c1-24-17-5-3-14(4-6-17)11-15-7-9-22-12-16(20-21-22)13-25-10-2-8-19-18(15)23/h3-6,12,15H,2,7-11,13H2,1H3,(H,19,23)/t15-/m0/s1. The van der Waals surface area contributed by atoms with Crippen LogP contribution in [0.15, 0.2) is 30.5 Å². The molecule has 0 saturated heterocycles. The molecule has 0 saturated carbocycles. The Morgan fingerprint density at radius 2 is 2.20 bits per heavy atom. The van der Waals surface area contributed by atoms with E-state index < -0.39 is 0 Å². The number of carbonyl (C=O) groups excluding carboxylic acids is 1. The zero-order chi connectivity index (χ0) is 17.5. The maximum atomic E-state index is 12.6. The lowest BCUT2D eigenvalue weighted by Crippen LogP contribution is -2.33. The molecular weight excluding hydrogens is 320 g/mol. The van der Waals surface area contributed by atoms with E-state index in [9.17, 15) is 4.79 Å². The van der Waals surface area contributed by atoms with Gasteiger partial charge in [0, 0.05) is 25.6 Å². The van der Waals surface area contributed by atoms with E-state index >= 15 is 0 Å². The van der Waals surface area contributed by atoms with Gasteiger partial charge in [0.2, 0.25) is 5.91 Å². The summed E-state index contributed by atoms with van der Waals surface area (Å²) in [6, 6.07) is 7.87. The Balaban J connectivity index is 1.70. The maximum Gasteiger partial charge on any atom is 0.223 e. The van der Waals surface area contributed by atoms with Crippen molar-refractivity contribution in [3.05, 3.63) is 41.7 Å². The fourth-order valence-corrected chi connectivity index (χ4v) is 2.88. The van der Waals surface area contributed by atoms with Gasteiger partial charge in [-0.05, 0) is 37.0 Å². The molecule has 134 valence electrons. The monoisotopic (exact) mass is 344 g/mol. The molecule has 0 aliphatic carbocycles. The van der Waals surface area contributed by atoms with E-state index in [1.165, 1.54) is 0 Å². The van der Waals surface area contributed by atoms with Crippen LogP contribution in [0.4, 0.5) is 0 Å². The van der Waals surface area contributed by atoms with Gasteiger partial charge in [0.05, 0.1) is 19.9 Å². The molecule has 2 aromatic rings. The first-order valence-electron chi connectivity index (χ1n) is 8.62. The number of hydrogen-bond acceptors (Lipinski definition) is 5. The molecule has 0 fully saturated rings. The van der Waals surface area contributed by atoms with E-state index in [2.05, 4.69) is 15.6 Å². The number of benzene rings is 1. The fourth-order valence-electron chi connectivity index (χ4n) is 2.88. The zero-order valence-corrected chi connectivity index (χ0v) is 14.5. The van der Waals surface area contributed by atoms with Gasteiger partial charge in [0.1, 0.15) is 11.4 Å². The first-order chi connectivity index (χ1) is 12.2. The Bertz CT molecular complexity index is 684. The molecule has 1 aliphatic heterocycles. The van der Waals surface area contributed by atoms with Crippen LogP contribution >= 0.6 is 0 Å². The third kappa shape index (κ3) is 5.03. The second-order valence-corrected chi connectivity index (χ2v) is 6.21. The Morgan fingerprint density at radius 1 is 1.36 bits per heavy atom. The molecular formula is C18H24N4O3. The summed E-state index contributed by atoms with van der Waals surface area (Å²) in [5, 5.41) is 11.2. The van der Waals surface area contributed by atoms with Crippen LogP contribution in [0.5, 0.6) is 5.75 Å². The van der Waals surface area contributed by atoms with Gasteiger partial charge in [-0.1, -0.05) is 17.3 Å². The number of methoxy groups -OCH3 is 1. The highest BCUT2D eigenvalue weighted by molar-refractivity contribution is 5.78. The van der Waals surface area contributed by atoms with Gasteiger partial charge < -0.3 is 14.8 Å². The highest BCUT2D eigenvalue weighted by Crippen LogP contribution is 2.18. The van der Waals surface area contributed by atoms with Crippen LogP contribution in [0, 0.1) is 5.92 Å². The van der Waals surface area contributed by atoms with Crippen LogP contribution in [-0.2, 0) is 29.1 Å². The van der Waals surface area contributed by atoms with Crippen LogP contribution in [0.1, 0.15) is 24.1 Å². The Morgan fingerprint density at radius 3 is 3.00 bits per heavy atom. The molecule has 7 heteroatoms. The molecule has 1 atom stereocenters. The maximum absolute atomic E-state index is 12.6. The van der Waals surface area contributed by atoms with Gasteiger partial charge in [0.25, 0.3) is 0 Å². The van der Waals surface area contributed by atoms with Gasteiger partial charge >= 0.3 is 0 Å². The number of ether oxygens (including phenoxy) is 2. The third-order valence-electron chi connectivity index (χ3n) is 4.32. The Hall–Kier alpha value is -2.41. The third-order valence-corrected chi connectivity index (χ3v) is 4.32. The van der Waals surface area contributed by atoms with E-state index in [4.69, 9.17) is 9.47 Å². The van der Waals surface area contributed by atoms with Gasteiger partial charge in [-0.2, -0.15) is 0 Å². The highest BCUT2D eigenvalue weighted by atomic mass is 16.5. The lowest BCUT2D eigenvalue weighted by atomic mass is 9.95. The fraction of sp³-hybridized carbons (Fsp3) is 0.500. The summed E-state index contributed by atoms with van der Waals surface area (Å²) in [7, 11) is 1.65. The number of aromatic nitrogens is 3. The topological polar surface area (TPSA) is 78.3 Å². The summed E-state index contributed by atoms with van der Waals surface area (Å²) in [6.45, 7) is 2.34. The summed E-state index contributed by atoms with van der Waals surface area (Å²) >= 11 is 0. The van der Waals surface area contributed by atoms with Crippen molar-refractivity contribution in [1.29, 1.82) is 0 Å². The minimum atomic E-state index is -0.109. The van der Waals surface area contributed by atoms with Crippen LogP contribution in [0.3, 0.4) is 0 Å². The average Bonchev–Trinajstić information content (AvgIpc) is 3.09. The van der Waals surface area contributed by atoms with E-state index in [1.54, 1.807) is 11.8 Å². The van der Waals surface area contributed by atoms with E-state index in [-0.39, 0.29) is 11.8 Å². The van der Waals surface area contributed by atoms with Crippen molar-refractivity contribution in [2.75, 3.05) is 20.3 Å². The second-order valence-electron chi connectivity index (χ2n) is 6.21. The van der Waals surface area contributed by atoms with Gasteiger partial charge in [-0.3, -0.25) is 9.48 Å². The summed E-state index contributed by atoms with van der Waals surface area (Å²) in [5.74, 6) is 0.788. The number of rotatable bonds is 3. The smallest absolute Gasteiger partial charge is 0.223 e. The van der Waals surface area contributed by atoms with E-state index in [0.29, 0.717) is 39.1 Å². The van der Waals surface area contributed by atoms with Gasteiger partial charge in [-0.25, -0.2) is 0 Å². The molecule has 2 bridgehead atoms. The van der Waals surface area contributed by atoms with Crippen molar-refractivity contribution >= 4 is 5.91 Å². The molecule has 1 aliphatic rings. The first kappa shape index (κ1) is 17.4. The molecule has 3 rings (SSSR count). The normalized spacial score (nSPS) is 19.2. The Kier molecular flexibility index (Phi) is 6.00. The number of amides is 1. The summed E-state index contributed by atoms with van der Waals surface area (Å²) in [4.78, 5) is 12.6. The lowest BCUT2D eigenvalue weighted by Gasteiger charge is -2.17. The lowest BCUT2D eigenvalue weighted by molar-refractivity contribution is -0.125. The van der Waals surface area contributed by atoms with Crippen molar-refractivity contribution in [1.82, 2.24) is 20.3 Å². The number of nitrogens with one attached hydrogen (secondary N) is 1. The van der Waals surface area contributed by atoms with Crippen LogP contribution in [0.2, 0.25) is 0 Å². The summed E-state index contributed by atoms with van der Waals surface area (Å²) < 4.78 is 12.5. The van der Waals surface area contributed by atoms with Crippen molar-refractivity contribution in [3.8, 4) is 5.75 Å². The zero-order valence-electron chi connectivity index (χ0n) is 14.5. The molecule has 0 unspecified atom stereocenters. The SMILES string of the molecule is COc1ccc(C[C@@H]2CCn3cc(nn3)COCCCNC2=O)cc1. The number of nitrogens with zero attached hydrogens (tertiary/aromatic N) is 3. The predicted molar refractivity (Wildman–Crippen MR) is 92.1 cm³/mol. The van der Waals surface area contributed by atoms with Gasteiger partial charge in [0.15, 0.2) is 0 Å². The Labute approximate surface area is 147 Å². The minimum absolute atomic E-state index is 0.0791. The van der Waals surface area contributed by atoms with Crippen LogP contribution in [-0.4, -0.2) is 41.2 Å². The largest absolute Gasteiger partial charge is 0.497 e. The van der Waals surface area contributed by atoms with Crippen molar-refractivity contribution < 1.29 is 14.3 Å². The average molecular weight is 344 g/mol. The van der Waals surface area contributed by atoms with Gasteiger partial charge in [-0.15, -0.1) is 5.10 Å². The number of hydrogen-bond donors (Lipinski definition) is 1. The molecule has 1 amide bonds. The second kappa shape index (κ2) is 8.62. The number of fused-ring (bicyclic) bond motifs is 2. The summed E-state index contributed by atoms with van der Waals surface area (Å²) in [6.07, 6.45) is 4.07. The molecule has 1 aromatic carbocycles. The van der Waals surface area contributed by atoms with Crippen LogP contribution < -0.4 is 10.1 Å². The van der Waals surface area contributed by atoms with Crippen LogP contribution in [0.25, 0.3) is 0 Å². The molecule has 2 heterocycles. The van der Waals surface area contributed by atoms with Crippen molar-refractivity contribution in [2.24, 2.45) is 5.92 Å².